The first-order valence-corrected chi connectivity index (χ1v) is 7.28. The van der Waals surface area contributed by atoms with E-state index >= 15 is 0 Å². The molecule has 0 saturated carbocycles. The highest BCUT2D eigenvalue weighted by atomic mass is 35.5. The first kappa shape index (κ1) is 14.0. The smallest absolute Gasteiger partial charge is 0.287 e. The summed E-state index contributed by atoms with van der Waals surface area (Å²) >= 11 is 7.62. The Bertz CT molecular complexity index is 622. The van der Waals surface area contributed by atoms with Crippen molar-refractivity contribution in [3.63, 3.8) is 0 Å². The molecule has 0 amide bonds. The topological polar surface area (TPSA) is 59.8 Å². The second-order valence-electron chi connectivity index (χ2n) is 4.14. The van der Waals surface area contributed by atoms with Crippen molar-refractivity contribution in [3.05, 3.63) is 37.7 Å². The summed E-state index contributed by atoms with van der Waals surface area (Å²) in [4.78, 5) is 16.2. The second-order valence-corrected chi connectivity index (χ2v) is 5.46. The minimum atomic E-state index is -0.260. The summed E-state index contributed by atoms with van der Waals surface area (Å²) in [5.41, 5.74) is 1.28. The van der Waals surface area contributed by atoms with Gasteiger partial charge in [-0.25, -0.2) is 9.67 Å². The van der Waals surface area contributed by atoms with Gasteiger partial charge in [0.05, 0.1) is 18.4 Å². The van der Waals surface area contributed by atoms with Crippen LogP contribution in [-0.2, 0) is 13.1 Å². The number of rotatable bonds is 5. The number of anilines is 1. The zero-order valence-corrected chi connectivity index (χ0v) is 12.4. The molecule has 2 heterocycles. The van der Waals surface area contributed by atoms with Crippen LogP contribution in [0.25, 0.3) is 0 Å². The molecule has 0 spiro atoms. The third kappa shape index (κ3) is 3.33. The van der Waals surface area contributed by atoms with Gasteiger partial charge in [-0.3, -0.25) is 4.79 Å². The van der Waals surface area contributed by atoms with Crippen molar-refractivity contribution in [1.29, 1.82) is 0 Å². The molecule has 0 aromatic carbocycles. The van der Waals surface area contributed by atoms with Crippen LogP contribution in [0.1, 0.15) is 24.0 Å². The van der Waals surface area contributed by atoms with E-state index in [-0.39, 0.29) is 10.6 Å². The number of hydrogen-bond acceptors (Lipinski definition) is 5. The zero-order valence-electron chi connectivity index (χ0n) is 10.8. The first-order valence-electron chi connectivity index (χ1n) is 6.02. The number of nitrogens with one attached hydrogen (secondary N) is 1. The van der Waals surface area contributed by atoms with Gasteiger partial charge in [0, 0.05) is 17.6 Å². The predicted octanol–water partition coefficient (Wildman–Crippen LogP) is 2.68. The summed E-state index contributed by atoms with van der Waals surface area (Å²) in [6, 6.07) is 0. The van der Waals surface area contributed by atoms with Crippen molar-refractivity contribution >= 4 is 28.6 Å². The number of hydrogen-bond donors (Lipinski definition) is 1. The molecule has 0 radical (unpaired) electrons. The lowest BCUT2D eigenvalue weighted by molar-refractivity contribution is 0.568. The Morgan fingerprint density at radius 2 is 2.32 bits per heavy atom. The molecule has 0 atom stereocenters. The van der Waals surface area contributed by atoms with E-state index in [1.807, 2.05) is 19.2 Å². The molecular formula is C12H15ClN4OS. The molecule has 0 aliphatic carbocycles. The Hall–Kier alpha value is -1.40. The van der Waals surface area contributed by atoms with E-state index in [0.29, 0.717) is 18.8 Å². The highest BCUT2D eigenvalue weighted by Gasteiger charge is 2.09. The van der Waals surface area contributed by atoms with Crippen LogP contribution in [0.2, 0.25) is 5.02 Å². The normalized spacial score (nSPS) is 10.7. The number of thiazole rings is 1. The van der Waals surface area contributed by atoms with Gasteiger partial charge in [-0.2, -0.15) is 5.10 Å². The number of aryl methyl sites for hydroxylation is 2. The average Bonchev–Trinajstić information content (AvgIpc) is 2.80. The highest BCUT2D eigenvalue weighted by molar-refractivity contribution is 7.09. The molecule has 2 rings (SSSR count). The summed E-state index contributed by atoms with van der Waals surface area (Å²) < 4.78 is 1.38. The van der Waals surface area contributed by atoms with E-state index in [1.54, 1.807) is 17.5 Å². The Balaban J connectivity index is 2.13. The fourth-order valence-electron chi connectivity index (χ4n) is 1.61. The largest absolute Gasteiger partial charge is 0.376 e. The minimum absolute atomic E-state index is 0.178. The van der Waals surface area contributed by atoms with Gasteiger partial charge in [0.2, 0.25) is 0 Å². The van der Waals surface area contributed by atoms with Gasteiger partial charge in [0.25, 0.3) is 5.56 Å². The highest BCUT2D eigenvalue weighted by Crippen LogP contribution is 2.17. The van der Waals surface area contributed by atoms with Gasteiger partial charge < -0.3 is 5.32 Å². The summed E-state index contributed by atoms with van der Waals surface area (Å²) in [6.07, 6.45) is 2.42. The zero-order chi connectivity index (χ0) is 13.8. The predicted molar refractivity (Wildman–Crippen MR) is 78.0 cm³/mol. The Kier molecular flexibility index (Phi) is 4.55. The summed E-state index contributed by atoms with van der Waals surface area (Å²) in [7, 11) is 0. The molecule has 0 saturated heterocycles. The van der Waals surface area contributed by atoms with Gasteiger partial charge in [-0.1, -0.05) is 18.5 Å². The summed E-state index contributed by atoms with van der Waals surface area (Å²) in [5.74, 6) is 0. The van der Waals surface area contributed by atoms with Gasteiger partial charge in [0.1, 0.15) is 10.0 Å². The molecule has 7 heteroatoms. The Morgan fingerprint density at radius 1 is 1.53 bits per heavy atom. The molecule has 19 heavy (non-hydrogen) atoms. The van der Waals surface area contributed by atoms with Gasteiger partial charge in [-0.15, -0.1) is 11.3 Å². The molecule has 5 nitrogen and oxygen atoms in total. The monoisotopic (exact) mass is 298 g/mol. The molecular weight excluding hydrogens is 284 g/mol. The standard InChI is InChI=1S/C12H15ClN4OS/c1-3-4-17-12(18)11(13)9(5-15-17)14-6-10-16-8(2)7-19-10/h5,7,14H,3-4,6H2,1-2H3. The van der Waals surface area contributed by atoms with Crippen LogP contribution in [0.4, 0.5) is 5.69 Å². The van der Waals surface area contributed by atoms with E-state index < -0.39 is 0 Å². The van der Waals surface area contributed by atoms with Crippen LogP contribution >= 0.6 is 22.9 Å². The lowest BCUT2D eigenvalue weighted by Gasteiger charge is -2.08. The van der Waals surface area contributed by atoms with E-state index in [1.165, 1.54) is 4.68 Å². The minimum Gasteiger partial charge on any atom is -0.376 e. The quantitative estimate of drug-likeness (QED) is 0.922. The van der Waals surface area contributed by atoms with Crippen LogP contribution < -0.4 is 10.9 Å². The lowest BCUT2D eigenvalue weighted by atomic mass is 10.4. The van der Waals surface area contributed by atoms with Crippen molar-refractivity contribution in [2.24, 2.45) is 0 Å². The van der Waals surface area contributed by atoms with Crippen molar-refractivity contribution in [3.8, 4) is 0 Å². The lowest BCUT2D eigenvalue weighted by Crippen LogP contribution is -2.24. The molecule has 0 unspecified atom stereocenters. The Labute approximate surface area is 120 Å². The van der Waals surface area contributed by atoms with Crippen LogP contribution in [-0.4, -0.2) is 14.8 Å². The molecule has 2 aromatic rings. The maximum atomic E-state index is 11.9. The van der Waals surface area contributed by atoms with Crippen LogP contribution in [0.3, 0.4) is 0 Å². The van der Waals surface area contributed by atoms with Crippen molar-refractivity contribution in [1.82, 2.24) is 14.8 Å². The van der Waals surface area contributed by atoms with Crippen molar-refractivity contribution in [2.45, 2.75) is 33.4 Å². The van der Waals surface area contributed by atoms with Gasteiger partial charge in [-0.05, 0) is 13.3 Å². The third-order valence-corrected chi connectivity index (χ3v) is 3.85. The van der Waals surface area contributed by atoms with E-state index in [2.05, 4.69) is 15.4 Å². The summed E-state index contributed by atoms with van der Waals surface area (Å²) in [5, 5.41) is 10.3. The fraction of sp³-hybridized carbons (Fsp3) is 0.417. The molecule has 0 fully saturated rings. The Morgan fingerprint density at radius 3 is 2.95 bits per heavy atom. The molecule has 0 aliphatic rings. The second kappa shape index (κ2) is 6.16. The number of aromatic nitrogens is 3. The molecule has 2 aromatic heterocycles. The van der Waals surface area contributed by atoms with E-state index in [9.17, 15) is 4.79 Å². The first-order chi connectivity index (χ1) is 9.11. The number of halogens is 1. The maximum absolute atomic E-state index is 11.9. The van der Waals surface area contributed by atoms with Crippen LogP contribution in [0.5, 0.6) is 0 Å². The van der Waals surface area contributed by atoms with Crippen molar-refractivity contribution in [2.75, 3.05) is 5.32 Å². The molecule has 102 valence electrons. The van der Waals surface area contributed by atoms with Crippen LogP contribution in [0, 0.1) is 6.92 Å². The average molecular weight is 299 g/mol. The van der Waals surface area contributed by atoms with Gasteiger partial charge >= 0.3 is 0 Å². The fourth-order valence-corrected chi connectivity index (χ4v) is 2.54. The van der Waals surface area contributed by atoms with E-state index in [4.69, 9.17) is 11.6 Å². The van der Waals surface area contributed by atoms with Crippen molar-refractivity contribution < 1.29 is 0 Å². The summed E-state index contributed by atoms with van der Waals surface area (Å²) in [6.45, 7) is 5.04. The maximum Gasteiger partial charge on any atom is 0.287 e. The molecule has 1 N–H and O–H groups in total. The molecule has 0 aliphatic heterocycles. The SMILES string of the molecule is CCCn1ncc(NCc2nc(C)cs2)c(Cl)c1=O. The molecule has 0 bridgehead atoms. The van der Waals surface area contributed by atoms with Crippen LogP contribution in [0.15, 0.2) is 16.4 Å². The van der Waals surface area contributed by atoms with Gasteiger partial charge in [0.15, 0.2) is 0 Å². The number of nitrogens with zero attached hydrogens (tertiary/aromatic N) is 3. The van der Waals surface area contributed by atoms with E-state index in [0.717, 1.165) is 17.1 Å². The third-order valence-electron chi connectivity index (χ3n) is 2.52.